The zero-order valence-electron chi connectivity index (χ0n) is 7.45. The molecule has 0 radical (unpaired) electrons. The lowest BCUT2D eigenvalue weighted by molar-refractivity contribution is 1.11. The molecule has 13 heavy (non-hydrogen) atoms. The largest absolute Gasteiger partial charge is 0.368 e. The van der Waals surface area contributed by atoms with E-state index in [1.807, 2.05) is 0 Å². The second-order valence-corrected chi connectivity index (χ2v) is 3.34. The standard InChI is InChI=1S/C7H13N5S/c1-13-3-2-10-6-4-9-5-7(11-6)12-8/h4-5H,2-3,8H2,1H3,(H2,10,11,12). The molecule has 0 aliphatic heterocycles. The van der Waals surface area contributed by atoms with Gasteiger partial charge in [-0.3, -0.25) is 4.98 Å². The van der Waals surface area contributed by atoms with Gasteiger partial charge in [-0.25, -0.2) is 10.8 Å². The van der Waals surface area contributed by atoms with Gasteiger partial charge in [0.1, 0.15) is 5.82 Å². The van der Waals surface area contributed by atoms with Crippen molar-refractivity contribution >= 4 is 23.4 Å². The van der Waals surface area contributed by atoms with Gasteiger partial charge in [-0.2, -0.15) is 11.8 Å². The molecule has 0 saturated carbocycles. The van der Waals surface area contributed by atoms with Crippen LogP contribution >= 0.6 is 11.8 Å². The first-order valence-corrected chi connectivity index (χ1v) is 5.27. The number of nitrogens with zero attached hydrogens (tertiary/aromatic N) is 2. The Bertz CT molecular complexity index is 254. The first kappa shape index (κ1) is 10.1. The fourth-order valence-electron chi connectivity index (χ4n) is 0.802. The molecular weight excluding hydrogens is 186 g/mol. The normalized spacial score (nSPS) is 9.69. The first-order valence-electron chi connectivity index (χ1n) is 3.88. The van der Waals surface area contributed by atoms with Gasteiger partial charge < -0.3 is 10.7 Å². The van der Waals surface area contributed by atoms with Crippen LogP contribution in [0, 0.1) is 0 Å². The van der Waals surface area contributed by atoms with Crippen molar-refractivity contribution in [2.24, 2.45) is 5.84 Å². The van der Waals surface area contributed by atoms with Crippen molar-refractivity contribution in [2.45, 2.75) is 0 Å². The number of hydrogen-bond acceptors (Lipinski definition) is 6. The summed E-state index contributed by atoms with van der Waals surface area (Å²) in [6.07, 6.45) is 5.30. The lowest BCUT2D eigenvalue weighted by Gasteiger charge is -2.04. The molecule has 1 heterocycles. The maximum Gasteiger partial charge on any atom is 0.160 e. The highest BCUT2D eigenvalue weighted by atomic mass is 32.2. The third-order valence-corrected chi connectivity index (χ3v) is 2.01. The van der Waals surface area contributed by atoms with Crippen LogP contribution in [0.3, 0.4) is 0 Å². The van der Waals surface area contributed by atoms with Crippen molar-refractivity contribution < 1.29 is 0 Å². The van der Waals surface area contributed by atoms with Crippen molar-refractivity contribution in [2.75, 3.05) is 29.3 Å². The van der Waals surface area contributed by atoms with Gasteiger partial charge in [0.2, 0.25) is 0 Å². The van der Waals surface area contributed by atoms with Gasteiger partial charge in [-0.1, -0.05) is 0 Å². The Hall–Kier alpha value is -1.01. The van der Waals surface area contributed by atoms with Crippen LogP contribution in [0.1, 0.15) is 0 Å². The van der Waals surface area contributed by atoms with Crippen molar-refractivity contribution in [3.8, 4) is 0 Å². The van der Waals surface area contributed by atoms with Crippen LogP contribution in [0.2, 0.25) is 0 Å². The molecule has 72 valence electrons. The zero-order chi connectivity index (χ0) is 9.52. The van der Waals surface area contributed by atoms with Gasteiger partial charge in [0.05, 0.1) is 12.4 Å². The Morgan fingerprint density at radius 1 is 1.46 bits per heavy atom. The average Bonchev–Trinajstić information content (AvgIpc) is 2.19. The van der Waals surface area contributed by atoms with E-state index in [9.17, 15) is 0 Å². The number of rotatable bonds is 5. The van der Waals surface area contributed by atoms with E-state index in [-0.39, 0.29) is 0 Å². The Kier molecular flexibility index (Phi) is 4.34. The quantitative estimate of drug-likeness (QED) is 0.365. The molecule has 0 spiro atoms. The molecule has 0 aliphatic carbocycles. The van der Waals surface area contributed by atoms with Gasteiger partial charge in [0, 0.05) is 12.3 Å². The van der Waals surface area contributed by atoms with Crippen LogP contribution < -0.4 is 16.6 Å². The van der Waals surface area contributed by atoms with Crippen LogP contribution in [0.25, 0.3) is 0 Å². The second-order valence-electron chi connectivity index (χ2n) is 2.35. The summed E-state index contributed by atoms with van der Waals surface area (Å²) in [4.78, 5) is 8.10. The third kappa shape index (κ3) is 3.47. The van der Waals surface area contributed by atoms with E-state index in [1.54, 1.807) is 24.2 Å². The minimum Gasteiger partial charge on any atom is -0.368 e. The second kappa shape index (κ2) is 5.60. The van der Waals surface area contributed by atoms with Crippen molar-refractivity contribution in [3.05, 3.63) is 12.4 Å². The average molecular weight is 199 g/mol. The van der Waals surface area contributed by atoms with Gasteiger partial charge >= 0.3 is 0 Å². The minimum atomic E-state index is 0.564. The van der Waals surface area contributed by atoms with E-state index in [0.29, 0.717) is 5.82 Å². The Morgan fingerprint density at radius 3 is 2.92 bits per heavy atom. The maximum atomic E-state index is 5.19. The molecule has 0 saturated heterocycles. The van der Waals surface area contributed by atoms with Gasteiger partial charge in [-0.15, -0.1) is 0 Å². The SMILES string of the molecule is CSCCNc1cncc(NN)n1. The van der Waals surface area contributed by atoms with Crippen LogP contribution in [0.4, 0.5) is 11.6 Å². The molecular formula is C7H13N5S. The van der Waals surface area contributed by atoms with Crippen molar-refractivity contribution in [1.82, 2.24) is 9.97 Å². The van der Waals surface area contributed by atoms with Gasteiger partial charge in [-0.05, 0) is 6.26 Å². The number of aromatic nitrogens is 2. The highest BCUT2D eigenvalue weighted by molar-refractivity contribution is 7.98. The summed E-state index contributed by atoms with van der Waals surface area (Å²) >= 11 is 1.78. The van der Waals surface area contributed by atoms with Gasteiger partial charge in [0.15, 0.2) is 5.82 Å². The van der Waals surface area contributed by atoms with E-state index in [1.165, 1.54) is 0 Å². The molecule has 1 aromatic heterocycles. The molecule has 6 heteroatoms. The molecule has 0 aromatic carbocycles. The van der Waals surface area contributed by atoms with Crippen molar-refractivity contribution in [1.29, 1.82) is 0 Å². The number of nitrogens with two attached hydrogens (primary N) is 1. The lowest BCUT2D eigenvalue weighted by Crippen LogP contribution is -2.11. The summed E-state index contributed by atoms with van der Waals surface area (Å²) < 4.78 is 0. The van der Waals surface area contributed by atoms with Crippen molar-refractivity contribution in [3.63, 3.8) is 0 Å². The fraction of sp³-hybridized carbons (Fsp3) is 0.429. The van der Waals surface area contributed by atoms with Crippen LogP contribution in [0.15, 0.2) is 12.4 Å². The highest BCUT2D eigenvalue weighted by Gasteiger charge is 1.95. The molecule has 0 unspecified atom stereocenters. The predicted molar refractivity (Wildman–Crippen MR) is 56.7 cm³/mol. The predicted octanol–water partition coefficient (Wildman–Crippen LogP) is 0.537. The van der Waals surface area contributed by atoms with Crippen LogP contribution in [-0.2, 0) is 0 Å². The summed E-state index contributed by atoms with van der Waals surface area (Å²) in [6, 6.07) is 0. The number of nitrogen functional groups attached to an aromatic ring is 1. The van der Waals surface area contributed by atoms with Gasteiger partial charge in [0.25, 0.3) is 0 Å². The number of hydrazine groups is 1. The molecule has 0 atom stereocenters. The van der Waals surface area contributed by atoms with E-state index < -0.39 is 0 Å². The molecule has 5 nitrogen and oxygen atoms in total. The maximum absolute atomic E-state index is 5.19. The number of thioether (sulfide) groups is 1. The van der Waals surface area contributed by atoms with E-state index in [2.05, 4.69) is 27.0 Å². The monoisotopic (exact) mass is 199 g/mol. The Balaban J connectivity index is 2.46. The lowest BCUT2D eigenvalue weighted by atomic mass is 10.6. The third-order valence-electron chi connectivity index (χ3n) is 1.39. The topological polar surface area (TPSA) is 75.9 Å². The highest BCUT2D eigenvalue weighted by Crippen LogP contribution is 2.04. The Labute approximate surface area is 81.5 Å². The Morgan fingerprint density at radius 2 is 2.23 bits per heavy atom. The smallest absolute Gasteiger partial charge is 0.160 e. The molecule has 0 aliphatic rings. The molecule has 0 amide bonds. The molecule has 1 aromatic rings. The number of nitrogens with one attached hydrogen (secondary N) is 2. The summed E-state index contributed by atoms with van der Waals surface area (Å²) in [5.41, 5.74) is 2.44. The van der Waals surface area contributed by atoms with Crippen LogP contribution in [-0.4, -0.2) is 28.5 Å². The summed E-state index contributed by atoms with van der Waals surface area (Å²) in [5.74, 6) is 7.54. The minimum absolute atomic E-state index is 0.564. The summed E-state index contributed by atoms with van der Waals surface area (Å²) in [7, 11) is 0. The summed E-state index contributed by atoms with van der Waals surface area (Å²) in [5, 5.41) is 3.13. The number of hydrogen-bond donors (Lipinski definition) is 3. The molecule has 0 fully saturated rings. The van der Waals surface area contributed by atoms with E-state index >= 15 is 0 Å². The molecule has 1 rings (SSSR count). The first-order chi connectivity index (χ1) is 6.36. The number of anilines is 2. The van der Waals surface area contributed by atoms with Crippen LogP contribution in [0.5, 0.6) is 0 Å². The molecule has 0 bridgehead atoms. The molecule has 4 N–H and O–H groups in total. The summed E-state index contributed by atoms with van der Waals surface area (Å²) in [6.45, 7) is 0.879. The fourth-order valence-corrected chi connectivity index (χ4v) is 1.11. The van der Waals surface area contributed by atoms with E-state index in [4.69, 9.17) is 5.84 Å². The zero-order valence-corrected chi connectivity index (χ0v) is 8.27. The van der Waals surface area contributed by atoms with E-state index in [0.717, 1.165) is 18.1 Å².